The van der Waals surface area contributed by atoms with Gasteiger partial charge in [0.25, 0.3) is 0 Å². The maximum Gasteiger partial charge on any atom is 0.344 e. The van der Waals surface area contributed by atoms with Crippen molar-refractivity contribution in [2.45, 2.75) is 83.0 Å². The molecule has 0 bridgehead atoms. The van der Waals surface area contributed by atoms with Gasteiger partial charge in [-0.15, -0.1) is 0 Å². The van der Waals surface area contributed by atoms with Gasteiger partial charge in [0.05, 0.1) is 0 Å². The predicted molar refractivity (Wildman–Crippen MR) is 103 cm³/mol. The molecule has 4 heteroatoms. The lowest BCUT2D eigenvalue weighted by molar-refractivity contribution is 0.125. The molecule has 2 fully saturated rings. The molecule has 0 unspecified atom stereocenters. The first-order chi connectivity index (χ1) is 13.0. The van der Waals surface area contributed by atoms with Crippen molar-refractivity contribution in [3.8, 4) is 5.75 Å². The molecule has 0 N–H and O–H groups in total. The van der Waals surface area contributed by atoms with Crippen LogP contribution in [0.4, 0.5) is 13.2 Å². The standard InChI is InChI=1S/C23H31F3O/c1-2-6-17-7-9-18(10-8-17)23(15-4-3-5-16-23)19-11-13-20(14-12-19)27-22(26)21(24)25/h11-14,17-18H,2-10,15-16H2,1H3. The van der Waals surface area contributed by atoms with Crippen molar-refractivity contribution in [3.63, 3.8) is 0 Å². The summed E-state index contributed by atoms with van der Waals surface area (Å²) in [7, 11) is 0. The first kappa shape index (κ1) is 20.3. The minimum Gasteiger partial charge on any atom is -0.428 e. The second-order valence-electron chi connectivity index (χ2n) is 8.38. The van der Waals surface area contributed by atoms with Gasteiger partial charge < -0.3 is 4.74 Å². The van der Waals surface area contributed by atoms with Crippen LogP contribution >= 0.6 is 0 Å². The number of hydrogen-bond donors (Lipinski definition) is 0. The predicted octanol–water partition coefficient (Wildman–Crippen LogP) is 7.91. The average Bonchev–Trinajstić information content (AvgIpc) is 2.70. The maximum atomic E-state index is 13.0. The molecule has 1 aromatic rings. The Labute approximate surface area is 161 Å². The molecule has 3 rings (SSSR count). The molecule has 0 atom stereocenters. The van der Waals surface area contributed by atoms with Crippen LogP contribution in [0.25, 0.3) is 0 Å². The van der Waals surface area contributed by atoms with E-state index >= 15 is 0 Å². The summed E-state index contributed by atoms with van der Waals surface area (Å²) in [6, 6.07) is 5.41. The fraction of sp³-hybridized carbons (Fsp3) is 0.652. The summed E-state index contributed by atoms with van der Waals surface area (Å²) in [4.78, 5) is 0. The normalized spacial score (nSPS) is 25.0. The molecular formula is C23H31F3O. The molecular weight excluding hydrogens is 349 g/mol. The second-order valence-corrected chi connectivity index (χ2v) is 8.38. The first-order valence-corrected chi connectivity index (χ1v) is 10.5. The molecule has 0 aromatic heterocycles. The molecule has 0 saturated heterocycles. The van der Waals surface area contributed by atoms with E-state index in [0.29, 0.717) is 5.92 Å². The largest absolute Gasteiger partial charge is 0.428 e. The number of rotatable bonds is 6. The highest BCUT2D eigenvalue weighted by molar-refractivity contribution is 5.34. The van der Waals surface area contributed by atoms with Crippen molar-refractivity contribution in [1.82, 2.24) is 0 Å². The number of hydrogen-bond acceptors (Lipinski definition) is 1. The molecule has 0 amide bonds. The molecule has 0 aliphatic heterocycles. The molecule has 2 saturated carbocycles. The zero-order chi connectivity index (χ0) is 19.3. The lowest BCUT2D eigenvalue weighted by Crippen LogP contribution is -2.39. The fourth-order valence-corrected chi connectivity index (χ4v) is 5.52. The molecule has 0 heterocycles. The van der Waals surface area contributed by atoms with E-state index in [-0.39, 0.29) is 11.2 Å². The van der Waals surface area contributed by atoms with Gasteiger partial charge in [0.2, 0.25) is 0 Å². The summed E-state index contributed by atoms with van der Waals surface area (Å²) < 4.78 is 42.1. The van der Waals surface area contributed by atoms with E-state index in [1.165, 1.54) is 76.2 Å². The fourth-order valence-electron chi connectivity index (χ4n) is 5.52. The minimum absolute atomic E-state index is 0.127. The molecule has 1 aromatic carbocycles. The van der Waals surface area contributed by atoms with E-state index in [0.717, 1.165) is 5.92 Å². The molecule has 2 aliphatic rings. The van der Waals surface area contributed by atoms with Gasteiger partial charge in [0.1, 0.15) is 5.75 Å². The Morgan fingerprint density at radius 2 is 1.59 bits per heavy atom. The lowest BCUT2D eigenvalue weighted by Gasteiger charge is -2.47. The van der Waals surface area contributed by atoms with Crippen molar-refractivity contribution in [1.29, 1.82) is 0 Å². The Kier molecular flexibility index (Phi) is 6.88. The monoisotopic (exact) mass is 380 g/mol. The van der Waals surface area contributed by atoms with Crippen molar-refractivity contribution < 1.29 is 17.9 Å². The lowest BCUT2D eigenvalue weighted by atomic mass is 9.57. The maximum absolute atomic E-state index is 13.0. The molecule has 0 radical (unpaired) electrons. The summed E-state index contributed by atoms with van der Waals surface area (Å²) in [5.74, 6) is 1.70. The number of halogens is 3. The number of benzene rings is 1. The van der Waals surface area contributed by atoms with Crippen molar-refractivity contribution in [2.75, 3.05) is 0 Å². The van der Waals surface area contributed by atoms with E-state index in [1.807, 2.05) is 12.1 Å². The highest BCUT2D eigenvalue weighted by Crippen LogP contribution is 2.51. The Balaban J connectivity index is 1.77. The van der Waals surface area contributed by atoms with Gasteiger partial charge in [0.15, 0.2) is 0 Å². The summed E-state index contributed by atoms with van der Waals surface area (Å²) in [6.45, 7) is 2.27. The molecule has 0 spiro atoms. The van der Waals surface area contributed by atoms with Crippen molar-refractivity contribution in [3.05, 3.63) is 41.9 Å². The van der Waals surface area contributed by atoms with Gasteiger partial charge >= 0.3 is 12.1 Å². The van der Waals surface area contributed by atoms with Crippen LogP contribution in [0.15, 0.2) is 36.4 Å². The van der Waals surface area contributed by atoms with Crippen molar-refractivity contribution >= 4 is 0 Å². The summed E-state index contributed by atoms with van der Waals surface area (Å²) in [6.07, 6.45) is 11.6. The van der Waals surface area contributed by atoms with Crippen LogP contribution in [-0.4, -0.2) is 0 Å². The van der Waals surface area contributed by atoms with Crippen molar-refractivity contribution in [2.24, 2.45) is 11.8 Å². The van der Waals surface area contributed by atoms with E-state index in [9.17, 15) is 13.2 Å². The van der Waals surface area contributed by atoms with E-state index in [1.54, 1.807) is 12.1 Å². The first-order valence-electron chi connectivity index (χ1n) is 10.5. The second kappa shape index (κ2) is 9.16. The van der Waals surface area contributed by atoms with Gasteiger partial charge in [-0.1, -0.05) is 64.0 Å². The van der Waals surface area contributed by atoms with Gasteiger partial charge in [-0.2, -0.15) is 13.2 Å². The Morgan fingerprint density at radius 3 is 2.15 bits per heavy atom. The summed E-state index contributed by atoms with van der Waals surface area (Å²) >= 11 is 0. The SMILES string of the molecule is CCCC1CCC(C2(c3ccc(OC(F)=C(F)F)cc3)CCCCC2)CC1. The molecule has 27 heavy (non-hydrogen) atoms. The topological polar surface area (TPSA) is 9.23 Å². The van der Waals surface area contributed by atoms with E-state index < -0.39 is 12.1 Å². The van der Waals surface area contributed by atoms with Gasteiger partial charge in [0, 0.05) is 0 Å². The van der Waals surface area contributed by atoms with Crippen LogP contribution in [0.1, 0.15) is 83.1 Å². The molecule has 1 nitrogen and oxygen atoms in total. The Hall–Kier alpha value is -1.45. The van der Waals surface area contributed by atoms with E-state index in [2.05, 4.69) is 11.7 Å². The van der Waals surface area contributed by atoms with Gasteiger partial charge in [-0.25, -0.2) is 0 Å². The van der Waals surface area contributed by atoms with Crippen LogP contribution in [0.3, 0.4) is 0 Å². The highest BCUT2D eigenvalue weighted by atomic mass is 19.3. The van der Waals surface area contributed by atoms with Crippen LogP contribution in [0.2, 0.25) is 0 Å². The third-order valence-corrected chi connectivity index (χ3v) is 6.86. The zero-order valence-corrected chi connectivity index (χ0v) is 16.3. The molecule has 150 valence electrons. The van der Waals surface area contributed by atoms with Crippen LogP contribution < -0.4 is 4.74 Å². The van der Waals surface area contributed by atoms with Crippen LogP contribution in [-0.2, 0) is 5.41 Å². The quantitative estimate of drug-likeness (QED) is 0.456. The van der Waals surface area contributed by atoms with Gasteiger partial charge in [-0.05, 0) is 60.6 Å². The van der Waals surface area contributed by atoms with E-state index in [4.69, 9.17) is 0 Å². The Bertz CT molecular complexity index is 620. The zero-order valence-electron chi connectivity index (χ0n) is 16.3. The average molecular weight is 380 g/mol. The van der Waals surface area contributed by atoms with Crippen LogP contribution in [0, 0.1) is 11.8 Å². The minimum atomic E-state index is -2.42. The summed E-state index contributed by atoms with van der Waals surface area (Å²) in [5.41, 5.74) is 1.46. The smallest absolute Gasteiger partial charge is 0.344 e. The van der Waals surface area contributed by atoms with Crippen LogP contribution in [0.5, 0.6) is 5.75 Å². The Morgan fingerprint density at radius 1 is 0.963 bits per heavy atom. The highest BCUT2D eigenvalue weighted by Gasteiger charge is 2.42. The summed E-state index contributed by atoms with van der Waals surface area (Å²) in [5, 5.41) is 0. The van der Waals surface area contributed by atoms with Gasteiger partial charge in [-0.3, -0.25) is 0 Å². The third kappa shape index (κ3) is 4.70. The third-order valence-electron chi connectivity index (χ3n) is 6.86. The molecule has 2 aliphatic carbocycles. The number of ether oxygens (including phenoxy) is 1.